The van der Waals surface area contributed by atoms with Crippen LogP contribution in [0.5, 0.6) is 11.6 Å². The number of nitrogens with zero attached hydrogens (tertiary/aromatic N) is 2. The van der Waals surface area contributed by atoms with Gasteiger partial charge in [0.25, 0.3) is 0 Å². The van der Waals surface area contributed by atoms with Gasteiger partial charge in [-0.05, 0) is 44.1 Å². The maximum absolute atomic E-state index is 12.0. The minimum absolute atomic E-state index is 0.207. The fourth-order valence-corrected chi connectivity index (χ4v) is 3.05. The molecule has 25 heavy (non-hydrogen) atoms. The Balaban J connectivity index is 1.47. The highest BCUT2D eigenvalue weighted by atomic mass is 16.5. The van der Waals surface area contributed by atoms with Crippen molar-refractivity contribution in [1.82, 2.24) is 15.2 Å². The van der Waals surface area contributed by atoms with E-state index in [0.717, 1.165) is 25.3 Å². The van der Waals surface area contributed by atoms with Crippen LogP contribution in [-0.4, -0.2) is 41.6 Å². The predicted molar refractivity (Wildman–Crippen MR) is 98.0 cm³/mol. The van der Waals surface area contributed by atoms with Crippen LogP contribution in [-0.2, 0) is 0 Å². The highest BCUT2D eigenvalue weighted by Crippen LogP contribution is 2.20. The summed E-state index contributed by atoms with van der Waals surface area (Å²) in [5.41, 5.74) is 0.636. The number of carbonyl (C=O) groups excluding carboxylic acids is 1. The lowest BCUT2D eigenvalue weighted by atomic mass is 10.2. The Labute approximate surface area is 148 Å². The van der Waals surface area contributed by atoms with E-state index >= 15 is 0 Å². The van der Waals surface area contributed by atoms with Crippen LogP contribution in [0, 0.1) is 0 Å². The van der Waals surface area contributed by atoms with Crippen LogP contribution in [0.2, 0.25) is 0 Å². The summed E-state index contributed by atoms with van der Waals surface area (Å²) in [5.74, 6) is 1.21. The number of ether oxygens (including phenoxy) is 1. The first-order valence-corrected chi connectivity index (χ1v) is 8.72. The number of aromatic nitrogens is 1. The molecule has 1 saturated heterocycles. The second kappa shape index (κ2) is 8.48. The SMILES string of the molecule is CCN1CCCC1CNC(=O)Nc1ccc(Oc2ccccc2)nc1. The molecule has 3 rings (SSSR count). The molecule has 2 aromatic rings. The lowest BCUT2D eigenvalue weighted by Crippen LogP contribution is -2.41. The number of urea groups is 1. The average Bonchev–Trinajstić information content (AvgIpc) is 3.10. The number of amides is 2. The number of para-hydroxylation sites is 1. The normalized spacial score (nSPS) is 17.2. The van der Waals surface area contributed by atoms with Crippen molar-refractivity contribution in [3.8, 4) is 11.6 Å². The smallest absolute Gasteiger partial charge is 0.319 e. The van der Waals surface area contributed by atoms with Crippen LogP contribution in [0.25, 0.3) is 0 Å². The summed E-state index contributed by atoms with van der Waals surface area (Å²) in [5, 5.41) is 5.74. The summed E-state index contributed by atoms with van der Waals surface area (Å²) in [4.78, 5) is 18.7. The summed E-state index contributed by atoms with van der Waals surface area (Å²) >= 11 is 0. The van der Waals surface area contributed by atoms with Crippen LogP contribution in [0.1, 0.15) is 19.8 Å². The van der Waals surface area contributed by atoms with E-state index in [9.17, 15) is 4.79 Å². The summed E-state index contributed by atoms with van der Waals surface area (Å²) in [6.07, 6.45) is 3.93. The van der Waals surface area contributed by atoms with Crippen LogP contribution in [0.4, 0.5) is 10.5 Å². The molecule has 2 amide bonds. The predicted octanol–water partition coefficient (Wildman–Crippen LogP) is 3.48. The van der Waals surface area contributed by atoms with Crippen molar-refractivity contribution < 1.29 is 9.53 Å². The zero-order valence-electron chi connectivity index (χ0n) is 14.4. The van der Waals surface area contributed by atoms with E-state index in [1.807, 2.05) is 30.3 Å². The van der Waals surface area contributed by atoms with E-state index in [1.54, 1.807) is 18.3 Å². The maximum atomic E-state index is 12.0. The molecule has 6 heteroatoms. The van der Waals surface area contributed by atoms with Gasteiger partial charge >= 0.3 is 6.03 Å². The summed E-state index contributed by atoms with van der Waals surface area (Å²) in [6, 6.07) is 13.2. The van der Waals surface area contributed by atoms with Gasteiger partial charge in [-0.15, -0.1) is 0 Å². The number of rotatable bonds is 6. The van der Waals surface area contributed by atoms with Crippen molar-refractivity contribution in [3.63, 3.8) is 0 Å². The molecule has 1 aliphatic rings. The number of likely N-dealkylation sites (tertiary alicyclic amines) is 1. The first-order chi connectivity index (χ1) is 12.2. The van der Waals surface area contributed by atoms with Crippen molar-refractivity contribution >= 4 is 11.7 Å². The maximum Gasteiger partial charge on any atom is 0.319 e. The molecule has 0 bridgehead atoms. The van der Waals surface area contributed by atoms with Crippen molar-refractivity contribution in [2.45, 2.75) is 25.8 Å². The van der Waals surface area contributed by atoms with Crippen molar-refractivity contribution in [2.24, 2.45) is 0 Å². The molecule has 1 atom stereocenters. The molecule has 1 fully saturated rings. The third-order valence-corrected chi connectivity index (χ3v) is 4.36. The minimum Gasteiger partial charge on any atom is -0.439 e. The Kier molecular flexibility index (Phi) is 5.85. The molecule has 1 aromatic carbocycles. The van der Waals surface area contributed by atoms with E-state index in [0.29, 0.717) is 24.2 Å². The Bertz CT molecular complexity index is 676. The van der Waals surface area contributed by atoms with Gasteiger partial charge in [0.1, 0.15) is 5.75 Å². The van der Waals surface area contributed by atoms with Crippen LogP contribution in [0.15, 0.2) is 48.7 Å². The zero-order valence-corrected chi connectivity index (χ0v) is 14.4. The van der Waals surface area contributed by atoms with Gasteiger partial charge in [-0.2, -0.15) is 0 Å². The number of carbonyl (C=O) groups is 1. The molecular weight excluding hydrogens is 316 g/mol. The Morgan fingerprint density at radius 2 is 2.12 bits per heavy atom. The second-order valence-electron chi connectivity index (χ2n) is 6.06. The Hall–Kier alpha value is -2.60. The molecule has 6 nitrogen and oxygen atoms in total. The quantitative estimate of drug-likeness (QED) is 0.845. The third kappa shape index (κ3) is 4.93. The van der Waals surface area contributed by atoms with Crippen LogP contribution in [0.3, 0.4) is 0 Å². The molecule has 0 saturated carbocycles. The van der Waals surface area contributed by atoms with E-state index in [2.05, 4.69) is 27.4 Å². The van der Waals surface area contributed by atoms with Gasteiger partial charge < -0.3 is 15.4 Å². The monoisotopic (exact) mass is 340 g/mol. The second-order valence-corrected chi connectivity index (χ2v) is 6.06. The number of pyridine rings is 1. The summed E-state index contributed by atoms with van der Waals surface area (Å²) in [7, 11) is 0. The van der Waals surface area contributed by atoms with Crippen LogP contribution >= 0.6 is 0 Å². The number of likely N-dealkylation sites (N-methyl/N-ethyl adjacent to an activating group) is 1. The summed E-state index contributed by atoms with van der Waals surface area (Å²) < 4.78 is 5.63. The van der Waals surface area contributed by atoms with E-state index in [1.165, 1.54) is 6.42 Å². The number of hydrogen-bond donors (Lipinski definition) is 2. The van der Waals surface area contributed by atoms with Crippen molar-refractivity contribution in [3.05, 3.63) is 48.7 Å². The average molecular weight is 340 g/mol. The zero-order chi connectivity index (χ0) is 17.5. The van der Waals surface area contributed by atoms with E-state index < -0.39 is 0 Å². The standard InChI is InChI=1S/C19H24N4O2/c1-2-23-12-6-7-16(23)14-21-19(24)22-15-10-11-18(20-13-15)25-17-8-4-3-5-9-17/h3-5,8-11,13,16H,2,6-7,12,14H2,1H3,(H2,21,22,24). The number of hydrogen-bond acceptors (Lipinski definition) is 4. The molecule has 0 radical (unpaired) electrons. The van der Waals surface area contributed by atoms with Gasteiger partial charge in [-0.25, -0.2) is 9.78 Å². The van der Waals surface area contributed by atoms with E-state index in [-0.39, 0.29) is 6.03 Å². The fraction of sp³-hybridized carbons (Fsp3) is 0.368. The molecule has 2 heterocycles. The molecule has 1 aliphatic heterocycles. The fourth-order valence-electron chi connectivity index (χ4n) is 3.05. The lowest BCUT2D eigenvalue weighted by Gasteiger charge is -2.22. The van der Waals surface area contributed by atoms with Crippen molar-refractivity contribution in [1.29, 1.82) is 0 Å². The molecule has 1 aromatic heterocycles. The van der Waals surface area contributed by atoms with Crippen molar-refractivity contribution in [2.75, 3.05) is 25.0 Å². The number of anilines is 1. The van der Waals surface area contributed by atoms with Gasteiger partial charge in [0, 0.05) is 18.7 Å². The topological polar surface area (TPSA) is 66.5 Å². The first-order valence-electron chi connectivity index (χ1n) is 8.72. The summed E-state index contributed by atoms with van der Waals surface area (Å²) in [6.45, 7) is 4.98. The van der Waals surface area contributed by atoms with Gasteiger partial charge in [0.15, 0.2) is 0 Å². The number of benzene rings is 1. The Morgan fingerprint density at radius 3 is 2.84 bits per heavy atom. The van der Waals surface area contributed by atoms with Gasteiger partial charge in [0.05, 0.1) is 11.9 Å². The molecular formula is C19H24N4O2. The highest BCUT2D eigenvalue weighted by molar-refractivity contribution is 5.89. The van der Waals surface area contributed by atoms with Crippen LogP contribution < -0.4 is 15.4 Å². The number of nitrogens with one attached hydrogen (secondary N) is 2. The van der Waals surface area contributed by atoms with Gasteiger partial charge in [-0.1, -0.05) is 25.1 Å². The molecule has 1 unspecified atom stereocenters. The lowest BCUT2D eigenvalue weighted by molar-refractivity contribution is 0.238. The molecule has 2 N–H and O–H groups in total. The van der Waals surface area contributed by atoms with Gasteiger partial charge in [-0.3, -0.25) is 4.90 Å². The minimum atomic E-state index is -0.207. The highest BCUT2D eigenvalue weighted by Gasteiger charge is 2.23. The Morgan fingerprint density at radius 1 is 1.28 bits per heavy atom. The molecule has 0 aliphatic carbocycles. The van der Waals surface area contributed by atoms with E-state index in [4.69, 9.17) is 4.74 Å². The first kappa shape index (κ1) is 17.2. The molecule has 132 valence electrons. The molecule has 0 spiro atoms. The third-order valence-electron chi connectivity index (χ3n) is 4.36. The van der Waals surface area contributed by atoms with Gasteiger partial charge in [0.2, 0.25) is 5.88 Å². The largest absolute Gasteiger partial charge is 0.439 e.